The van der Waals surface area contributed by atoms with Crippen LogP contribution in [0.15, 0.2) is 29.2 Å². The van der Waals surface area contributed by atoms with Crippen molar-refractivity contribution in [1.29, 1.82) is 0 Å². The van der Waals surface area contributed by atoms with Crippen LogP contribution in [0.3, 0.4) is 0 Å². The summed E-state index contributed by atoms with van der Waals surface area (Å²) in [6.07, 6.45) is 0. The van der Waals surface area contributed by atoms with Crippen LogP contribution in [0.5, 0.6) is 0 Å². The van der Waals surface area contributed by atoms with Gasteiger partial charge in [-0.15, -0.1) is 0 Å². The molecule has 0 atom stereocenters. The molecule has 82 valence electrons. The number of thioether (sulfide) groups is 1. The summed E-state index contributed by atoms with van der Waals surface area (Å²) in [5.74, 6) is 1.19. The molecule has 1 aliphatic heterocycles. The summed E-state index contributed by atoms with van der Waals surface area (Å²) in [5, 5.41) is 0. The highest BCUT2D eigenvalue weighted by molar-refractivity contribution is 7.99. The third-order valence-electron chi connectivity index (χ3n) is 3.59. The van der Waals surface area contributed by atoms with E-state index in [0.29, 0.717) is 12.1 Å². The van der Waals surface area contributed by atoms with Gasteiger partial charge in [-0.2, -0.15) is 0 Å². The lowest BCUT2D eigenvalue weighted by Gasteiger charge is -2.41. The minimum atomic E-state index is 0.654. The highest BCUT2D eigenvalue weighted by atomic mass is 32.2. The molecular weight excluding hydrogens is 202 g/mol. The van der Waals surface area contributed by atoms with E-state index in [1.54, 1.807) is 0 Å². The first-order chi connectivity index (χ1) is 7.09. The van der Waals surface area contributed by atoms with Crippen LogP contribution in [-0.4, -0.2) is 18.0 Å². The minimum absolute atomic E-state index is 0.654. The summed E-state index contributed by atoms with van der Waals surface area (Å²) < 4.78 is 1.13. The van der Waals surface area contributed by atoms with Gasteiger partial charge in [-0.25, -0.2) is 0 Å². The van der Waals surface area contributed by atoms with Crippen molar-refractivity contribution in [3.8, 4) is 0 Å². The molecule has 1 aromatic carbocycles. The van der Waals surface area contributed by atoms with E-state index in [1.165, 1.54) is 16.5 Å². The van der Waals surface area contributed by atoms with Crippen molar-refractivity contribution in [2.24, 2.45) is 0 Å². The van der Waals surface area contributed by atoms with Gasteiger partial charge in [-0.1, -0.05) is 23.9 Å². The second kappa shape index (κ2) is 3.84. The second-order valence-corrected chi connectivity index (χ2v) is 5.85. The van der Waals surface area contributed by atoms with Crippen LogP contribution in [-0.2, 0) is 0 Å². The van der Waals surface area contributed by atoms with Crippen molar-refractivity contribution < 1.29 is 0 Å². The smallest absolute Gasteiger partial charge is 0.147 e. The Bertz CT molecular complexity index is 349. The molecule has 0 saturated carbocycles. The Kier molecular flexibility index (Phi) is 2.82. The fourth-order valence-electron chi connectivity index (χ4n) is 2.62. The molecule has 1 heterocycles. The molecular formula is C13H20NS+. The number of fused-ring (bicyclic) bond motifs is 1. The molecule has 0 amide bonds. The molecule has 0 aliphatic carbocycles. The van der Waals surface area contributed by atoms with Crippen molar-refractivity contribution >= 4 is 17.4 Å². The number of benzene rings is 1. The Morgan fingerprint density at radius 1 is 1.07 bits per heavy atom. The monoisotopic (exact) mass is 222 g/mol. The van der Waals surface area contributed by atoms with Crippen molar-refractivity contribution in [2.75, 3.05) is 5.88 Å². The zero-order valence-electron chi connectivity index (χ0n) is 10.0. The minimum Gasteiger partial charge on any atom is -0.277 e. The highest BCUT2D eigenvalue weighted by Gasteiger charge is 2.43. The molecule has 0 aromatic heterocycles. The van der Waals surface area contributed by atoms with Crippen LogP contribution < -0.4 is 4.48 Å². The fourth-order valence-corrected chi connectivity index (χ4v) is 4.27. The summed E-state index contributed by atoms with van der Waals surface area (Å²) in [7, 11) is 0. The summed E-state index contributed by atoms with van der Waals surface area (Å²) in [6, 6.07) is 10.2. The maximum atomic E-state index is 2.34. The van der Waals surface area contributed by atoms with E-state index in [9.17, 15) is 0 Å². The zero-order valence-corrected chi connectivity index (χ0v) is 10.8. The van der Waals surface area contributed by atoms with E-state index < -0.39 is 0 Å². The van der Waals surface area contributed by atoms with Crippen molar-refractivity contribution in [3.05, 3.63) is 24.3 Å². The highest BCUT2D eigenvalue weighted by Crippen LogP contribution is 2.46. The van der Waals surface area contributed by atoms with E-state index in [1.807, 2.05) is 11.8 Å². The van der Waals surface area contributed by atoms with Crippen LogP contribution in [0.4, 0.5) is 5.69 Å². The Morgan fingerprint density at radius 3 is 2.27 bits per heavy atom. The molecule has 1 aliphatic rings. The van der Waals surface area contributed by atoms with Gasteiger partial charge in [0, 0.05) is 6.07 Å². The molecule has 0 unspecified atom stereocenters. The van der Waals surface area contributed by atoms with E-state index in [0.717, 1.165) is 4.48 Å². The van der Waals surface area contributed by atoms with Gasteiger partial charge >= 0.3 is 0 Å². The largest absolute Gasteiger partial charge is 0.277 e. The maximum Gasteiger partial charge on any atom is 0.147 e. The molecule has 0 radical (unpaired) electrons. The van der Waals surface area contributed by atoms with Gasteiger partial charge in [-0.3, -0.25) is 4.48 Å². The van der Waals surface area contributed by atoms with Gasteiger partial charge in [-0.05, 0) is 33.8 Å². The Morgan fingerprint density at radius 2 is 1.67 bits per heavy atom. The lowest BCUT2D eigenvalue weighted by Crippen LogP contribution is -2.57. The predicted octanol–water partition coefficient (Wildman–Crippen LogP) is 3.87. The van der Waals surface area contributed by atoms with Gasteiger partial charge in [0.1, 0.15) is 11.6 Å². The van der Waals surface area contributed by atoms with Gasteiger partial charge in [0.2, 0.25) is 0 Å². The first-order valence-corrected chi connectivity index (χ1v) is 6.67. The number of rotatable bonds is 2. The Hall–Kier alpha value is -0.470. The van der Waals surface area contributed by atoms with Crippen LogP contribution in [0.2, 0.25) is 0 Å². The quantitative estimate of drug-likeness (QED) is 0.684. The van der Waals surface area contributed by atoms with Gasteiger partial charge in [0.25, 0.3) is 0 Å². The van der Waals surface area contributed by atoms with Crippen LogP contribution >= 0.6 is 11.8 Å². The number of para-hydroxylation sites is 1. The fraction of sp³-hybridized carbons (Fsp3) is 0.538. The number of nitrogens with zero attached hydrogens (tertiary/aromatic N) is 1. The van der Waals surface area contributed by atoms with Crippen molar-refractivity contribution in [3.63, 3.8) is 0 Å². The third kappa shape index (κ3) is 1.51. The molecule has 2 rings (SSSR count). The molecule has 0 bridgehead atoms. The summed E-state index contributed by atoms with van der Waals surface area (Å²) in [4.78, 5) is 1.47. The summed E-state index contributed by atoms with van der Waals surface area (Å²) in [6.45, 7) is 9.34. The predicted molar refractivity (Wildman–Crippen MR) is 69.2 cm³/mol. The normalized spacial score (nSPS) is 18.5. The maximum absolute atomic E-state index is 2.34. The van der Waals surface area contributed by atoms with Gasteiger partial charge in [0.15, 0.2) is 0 Å². The molecule has 0 spiro atoms. The van der Waals surface area contributed by atoms with E-state index in [-0.39, 0.29) is 0 Å². The average molecular weight is 222 g/mol. The molecule has 1 nitrogen and oxygen atoms in total. The first-order valence-electron chi connectivity index (χ1n) is 5.69. The van der Waals surface area contributed by atoms with E-state index in [4.69, 9.17) is 0 Å². The number of quaternary nitrogens is 1. The van der Waals surface area contributed by atoms with Crippen LogP contribution in [0.25, 0.3) is 0 Å². The van der Waals surface area contributed by atoms with Crippen LogP contribution in [0, 0.1) is 0 Å². The summed E-state index contributed by atoms with van der Waals surface area (Å²) in [5.41, 5.74) is 1.52. The standard InChI is InChI=1S/C13H20NS/c1-10(2)14(11(3)4)9-15-13-8-6-5-7-12(13)14/h5-8,10-11H,9H2,1-4H3/q+1. The second-order valence-electron chi connectivity index (χ2n) is 4.86. The third-order valence-corrected chi connectivity index (χ3v) is 4.80. The van der Waals surface area contributed by atoms with Gasteiger partial charge < -0.3 is 0 Å². The summed E-state index contributed by atoms with van der Waals surface area (Å²) >= 11 is 2.00. The van der Waals surface area contributed by atoms with Crippen LogP contribution in [0.1, 0.15) is 27.7 Å². The topological polar surface area (TPSA) is 0 Å². The number of hydrogen-bond acceptors (Lipinski definition) is 1. The molecule has 0 fully saturated rings. The SMILES string of the molecule is CC(C)[N+]1(C(C)C)CSc2ccccc21. The van der Waals surface area contributed by atoms with Gasteiger partial charge in [0.05, 0.1) is 17.0 Å². The van der Waals surface area contributed by atoms with E-state index >= 15 is 0 Å². The molecule has 15 heavy (non-hydrogen) atoms. The molecule has 0 saturated heterocycles. The first kappa shape index (κ1) is 11.0. The lowest BCUT2D eigenvalue weighted by molar-refractivity contribution is 0.213. The molecule has 1 aromatic rings. The van der Waals surface area contributed by atoms with Crippen molar-refractivity contribution in [1.82, 2.24) is 4.48 Å². The zero-order chi connectivity index (χ0) is 11.1. The molecule has 0 N–H and O–H groups in total. The average Bonchev–Trinajstić information content (AvgIpc) is 2.57. The van der Waals surface area contributed by atoms with E-state index in [2.05, 4.69) is 52.0 Å². The Balaban J connectivity index is 2.54. The number of hydrogen-bond donors (Lipinski definition) is 0. The lowest BCUT2D eigenvalue weighted by atomic mass is 10.1. The Labute approximate surface area is 97.1 Å². The molecule has 2 heteroatoms. The van der Waals surface area contributed by atoms with Crippen molar-refractivity contribution in [2.45, 2.75) is 44.7 Å².